The minimum absolute atomic E-state index is 0.112. The van der Waals surface area contributed by atoms with Gasteiger partial charge >= 0.3 is 5.97 Å². The molecule has 0 aromatic heterocycles. The fourth-order valence-corrected chi connectivity index (χ4v) is 4.99. The fourth-order valence-electron chi connectivity index (χ4n) is 4.61. The van der Waals surface area contributed by atoms with Crippen LogP contribution in [0, 0.1) is 0 Å². The molecule has 0 atom stereocenters. The highest BCUT2D eigenvalue weighted by Crippen LogP contribution is 2.23. The third kappa shape index (κ3) is 15.8. The van der Waals surface area contributed by atoms with Crippen LogP contribution in [0.4, 0.5) is 0 Å². The molecule has 0 heterocycles. The first-order valence-corrected chi connectivity index (χ1v) is 16.4. The Hall–Kier alpha value is -2.67. The number of hydrazone groups is 1. The largest absolute Gasteiger partial charge is 0.494 e. The van der Waals surface area contributed by atoms with E-state index in [9.17, 15) is 9.59 Å². The van der Waals surface area contributed by atoms with Crippen LogP contribution in [0.1, 0.15) is 133 Å². The lowest BCUT2D eigenvalue weighted by Crippen LogP contribution is -2.17. The summed E-state index contributed by atoms with van der Waals surface area (Å²) in [4.78, 5) is 24.9. The molecule has 2 aromatic rings. The molecule has 0 aliphatic heterocycles. The lowest BCUT2D eigenvalue weighted by Gasteiger charge is -2.09. The summed E-state index contributed by atoms with van der Waals surface area (Å²) in [5.74, 6) is 0.453. The molecule has 2 rings (SSSR count). The zero-order chi connectivity index (χ0) is 29.5. The molecule has 0 spiro atoms. The maximum Gasteiger partial charge on any atom is 0.343 e. The third-order valence-corrected chi connectivity index (χ3v) is 7.47. The molecule has 0 saturated heterocycles. The van der Waals surface area contributed by atoms with Crippen molar-refractivity contribution in [2.75, 3.05) is 6.61 Å². The molecular weight excluding hydrogens is 580 g/mol. The second kappa shape index (κ2) is 22.0. The number of halogens is 1. The highest BCUT2D eigenvalue weighted by Gasteiger charge is 2.12. The van der Waals surface area contributed by atoms with Gasteiger partial charge in [0.2, 0.25) is 5.91 Å². The molecule has 0 unspecified atom stereocenters. The smallest absolute Gasteiger partial charge is 0.343 e. The zero-order valence-electron chi connectivity index (χ0n) is 25.1. The Morgan fingerprint density at radius 1 is 0.780 bits per heavy atom. The molecule has 0 saturated carbocycles. The van der Waals surface area contributed by atoms with Gasteiger partial charge in [0.15, 0.2) is 0 Å². The molecule has 1 N–H and O–H groups in total. The van der Waals surface area contributed by atoms with E-state index >= 15 is 0 Å². The number of esters is 1. The number of carbonyl (C=O) groups is 2. The van der Waals surface area contributed by atoms with Gasteiger partial charge in [0, 0.05) is 16.5 Å². The first-order valence-electron chi connectivity index (χ1n) is 15.6. The number of ether oxygens (including phenoxy) is 2. The number of hydrogen-bond acceptors (Lipinski definition) is 5. The van der Waals surface area contributed by atoms with Crippen LogP contribution in [0.15, 0.2) is 52.0 Å². The predicted molar refractivity (Wildman–Crippen MR) is 172 cm³/mol. The first-order chi connectivity index (χ1) is 20.0. The highest BCUT2D eigenvalue weighted by molar-refractivity contribution is 9.10. The molecular formula is C34H49BrN2O4. The van der Waals surface area contributed by atoms with E-state index < -0.39 is 5.97 Å². The van der Waals surface area contributed by atoms with Gasteiger partial charge in [0.25, 0.3) is 0 Å². The number of hydrogen-bond donors (Lipinski definition) is 1. The number of unbranched alkanes of at least 4 members (excludes halogenated alkanes) is 14. The second-order valence-electron chi connectivity index (χ2n) is 10.5. The lowest BCUT2D eigenvalue weighted by atomic mass is 10.0. The molecule has 0 aliphatic carbocycles. The number of amides is 1. The molecule has 41 heavy (non-hydrogen) atoms. The van der Waals surface area contributed by atoms with Crippen LogP contribution < -0.4 is 14.9 Å². The van der Waals surface area contributed by atoms with Gasteiger partial charge in [-0.05, 0) is 55.8 Å². The molecule has 2 aromatic carbocycles. The van der Waals surface area contributed by atoms with E-state index in [0.29, 0.717) is 35.7 Å². The molecule has 0 radical (unpaired) electrons. The Balaban J connectivity index is 1.60. The Morgan fingerprint density at radius 2 is 1.34 bits per heavy atom. The summed E-state index contributed by atoms with van der Waals surface area (Å²) in [5.41, 5.74) is 3.58. The number of carbonyl (C=O) groups excluding carboxylic acids is 2. The van der Waals surface area contributed by atoms with Gasteiger partial charge in [-0.15, -0.1) is 0 Å². The summed E-state index contributed by atoms with van der Waals surface area (Å²) >= 11 is 3.44. The van der Waals surface area contributed by atoms with Gasteiger partial charge < -0.3 is 9.47 Å². The second-order valence-corrected chi connectivity index (χ2v) is 11.4. The number of nitrogens with one attached hydrogen (secondary N) is 1. The first kappa shape index (κ1) is 34.5. The van der Waals surface area contributed by atoms with E-state index in [2.05, 4.69) is 33.4 Å². The van der Waals surface area contributed by atoms with Crippen molar-refractivity contribution in [1.29, 1.82) is 0 Å². The Labute approximate surface area is 255 Å². The van der Waals surface area contributed by atoms with Crippen molar-refractivity contribution in [3.63, 3.8) is 0 Å². The summed E-state index contributed by atoms with van der Waals surface area (Å²) < 4.78 is 11.8. The van der Waals surface area contributed by atoms with Crippen molar-refractivity contribution in [1.82, 2.24) is 5.43 Å². The summed E-state index contributed by atoms with van der Waals surface area (Å²) in [6.07, 6.45) is 21.4. The Bertz CT molecular complexity index is 1040. The van der Waals surface area contributed by atoms with Crippen molar-refractivity contribution >= 4 is 34.0 Å². The third-order valence-electron chi connectivity index (χ3n) is 6.98. The monoisotopic (exact) mass is 628 g/mol. The maximum absolute atomic E-state index is 12.6. The summed E-state index contributed by atoms with van der Waals surface area (Å²) in [5, 5.41) is 4.09. The standard InChI is InChI=1S/C34H49BrN2O4/c1-3-5-6-7-8-9-10-11-12-13-14-15-16-17-18-19-33(38)37-36-27-29-26-30(35)22-25-32(29)41-34(39)28-20-23-31(24-21-28)40-4-2/h20-27H,3-19H2,1-2H3,(H,37,38). The molecule has 7 heteroatoms. The average Bonchev–Trinajstić information content (AvgIpc) is 2.97. The Morgan fingerprint density at radius 3 is 1.90 bits per heavy atom. The minimum atomic E-state index is -0.484. The van der Waals surface area contributed by atoms with Crippen molar-refractivity contribution < 1.29 is 19.1 Å². The molecule has 0 bridgehead atoms. The predicted octanol–water partition coefficient (Wildman–Crippen LogP) is 9.78. The van der Waals surface area contributed by atoms with Crippen LogP contribution in [0.3, 0.4) is 0 Å². The molecule has 1 amide bonds. The van der Waals surface area contributed by atoms with Crippen molar-refractivity contribution in [3.8, 4) is 11.5 Å². The SMILES string of the molecule is CCCCCCCCCCCCCCCCCC(=O)NN=Cc1cc(Br)ccc1OC(=O)c1ccc(OCC)cc1. The van der Waals surface area contributed by atoms with E-state index in [1.54, 1.807) is 42.5 Å². The number of benzene rings is 2. The van der Waals surface area contributed by atoms with E-state index in [4.69, 9.17) is 9.47 Å². The van der Waals surface area contributed by atoms with Crippen LogP contribution in [0.5, 0.6) is 11.5 Å². The lowest BCUT2D eigenvalue weighted by molar-refractivity contribution is -0.121. The van der Waals surface area contributed by atoms with Crippen molar-refractivity contribution in [2.45, 2.75) is 117 Å². The van der Waals surface area contributed by atoms with Gasteiger partial charge in [-0.1, -0.05) is 113 Å². The summed E-state index contributed by atoms with van der Waals surface area (Å²) in [6.45, 7) is 4.73. The van der Waals surface area contributed by atoms with Crippen molar-refractivity contribution in [3.05, 3.63) is 58.1 Å². The van der Waals surface area contributed by atoms with Gasteiger partial charge in [-0.3, -0.25) is 4.79 Å². The summed E-state index contributed by atoms with van der Waals surface area (Å²) in [7, 11) is 0. The van der Waals surface area contributed by atoms with Crippen LogP contribution in [-0.4, -0.2) is 24.7 Å². The van der Waals surface area contributed by atoms with Crippen LogP contribution >= 0.6 is 15.9 Å². The maximum atomic E-state index is 12.6. The highest BCUT2D eigenvalue weighted by atomic mass is 79.9. The molecule has 0 aliphatic rings. The van der Waals surface area contributed by atoms with E-state index in [0.717, 1.165) is 17.3 Å². The minimum Gasteiger partial charge on any atom is -0.494 e. The van der Waals surface area contributed by atoms with Gasteiger partial charge in [0.1, 0.15) is 11.5 Å². The van der Waals surface area contributed by atoms with Crippen molar-refractivity contribution in [2.24, 2.45) is 5.10 Å². The zero-order valence-corrected chi connectivity index (χ0v) is 26.7. The quantitative estimate of drug-likeness (QED) is 0.0463. The molecule has 6 nitrogen and oxygen atoms in total. The molecule has 0 fully saturated rings. The Kier molecular flexibility index (Phi) is 18.5. The van der Waals surface area contributed by atoms with E-state index in [-0.39, 0.29) is 5.91 Å². The van der Waals surface area contributed by atoms with Crippen LogP contribution in [0.2, 0.25) is 0 Å². The van der Waals surface area contributed by atoms with Crippen LogP contribution in [0.25, 0.3) is 0 Å². The number of rotatable bonds is 22. The normalized spacial score (nSPS) is 11.1. The van der Waals surface area contributed by atoms with Gasteiger partial charge in [-0.2, -0.15) is 5.10 Å². The van der Waals surface area contributed by atoms with E-state index in [1.165, 1.54) is 89.7 Å². The molecule has 226 valence electrons. The van der Waals surface area contributed by atoms with Crippen LogP contribution in [-0.2, 0) is 4.79 Å². The average molecular weight is 630 g/mol. The van der Waals surface area contributed by atoms with Gasteiger partial charge in [0.05, 0.1) is 18.4 Å². The summed E-state index contributed by atoms with van der Waals surface area (Å²) in [6, 6.07) is 12.1. The van der Waals surface area contributed by atoms with E-state index in [1.807, 2.05) is 6.92 Å². The number of nitrogens with zero attached hydrogens (tertiary/aromatic N) is 1. The van der Waals surface area contributed by atoms with Gasteiger partial charge in [-0.25, -0.2) is 10.2 Å². The fraction of sp³-hybridized carbons (Fsp3) is 0.559. The topological polar surface area (TPSA) is 77.0 Å².